The van der Waals surface area contributed by atoms with Gasteiger partial charge in [0.2, 0.25) is 5.91 Å². The van der Waals surface area contributed by atoms with Crippen LogP contribution in [0.3, 0.4) is 0 Å². The molecule has 7 heteroatoms. The van der Waals surface area contributed by atoms with Crippen LogP contribution in [-0.2, 0) is 4.79 Å². The summed E-state index contributed by atoms with van der Waals surface area (Å²) in [4.78, 5) is 22.8. The lowest BCUT2D eigenvalue weighted by molar-refractivity contribution is -0.119. The Labute approximate surface area is 108 Å². The average molecular weight is 271 g/mol. The summed E-state index contributed by atoms with van der Waals surface area (Å²) < 4.78 is 12.8. The number of carbonyl (C=O) groups excluding carboxylic acids is 2. The van der Waals surface area contributed by atoms with Crippen LogP contribution in [0.1, 0.15) is 6.42 Å². The maximum atomic E-state index is 12.8. The van der Waals surface area contributed by atoms with Gasteiger partial charge in [0.05, 0.1) is 0 Å². The van der Waals surface area contributed by atoms with Gasteiger partial charge in [0.15, 0.2) is 0 Å². The van der Waals surface area contributed by atoms with Crippen LogP contribution in [0.4, 0.5) is 14.9 Å². The highest BCUT2D eigenvalue weighted by Crippen LogP contribution is 2.25. The normalized spacial score (nSPS) is 9.89. The molecular weight excluding hydrogens is 257 g/mol. The van der Waals surface area contributed by atoms with Crippen LogP contribution in [0.25, 0.3) is 0 Å². The molecule has 0 unspecified atom stereocenters. The van der Waals surface area contributed by atoms with E-state index >= 15 is 0 Å². The Hall–Kier alpha value is -1.76. The van der Waals surface area contributed by atoms with Crippen molar-refractivity contribution < 1.29 is 14.0 Å². The van der Waals surface area contributed by atoms with Gasteiger partial charge in [-0.3, -0.25) is 10.1 Å². The summed E-state index contributed by atoms with van der Waals surface area (Å²) >= 11 is 1.33. The van der Waals surface area contributed by atoms with Crippen molar-refractivity contribution in [2.75, 3.05) is 18.5 Å². The van der Waals surface area contributed by atoms with E-state index in [9.17, 15) is 14.0 Å². The van der Waals surface area contributed by atoms with Gasteiger partial charge < -0.3 is 11.1 Å². The Balaban J connectivity index is 2.37. The first-order valence-corrected chi connectivity index (χ1v) is 6.21. The van der Waals surface area contributed by atoms with Crippen molar-refractivity contribution in [2.45, 2.75) is 11.3 Å². The maximum Gasteiger partial charge on any atom is 0.321 e. The lowest BCUT2D eigenvalue weighted by Gasteiger charge is -2.05. The minimum atomic E-state index is -0.536. The average Bonchev–Trinajstić information content (AvgIpc) is 2.31. The third-order valence-electron chi connectivity index (χ3n) is 2.04. The highest BCUT2D eigenvalue weighted by atomic mass is 32.2. The zero-order valence-electron chi connectivity index (χ0n) is 9.83. The van der Waals surface area contributed by atoms with Crippen LogP contribution in [0.5, 0.6) is 0 Å². The summed E-state index contributed by atoms with van der Waals surface area (Å²) in [6.07, 6.45) is 0.175. The molecule has 0 aliphatic carbocycles. The molecule has 0 spiro atoms. The Morgan fingerprint density at radius 3 is 2.78 bits per heavy atom. The van der Waals surface area contributed by atoms with Crippen molar-refractivity contribution in [2.24, 2.45) is 0 Å². The Morgan fingerprint density at radius 2 is 2.17 bits per heavy atom. The van der Waals surface area contributed by atoms with Crippen LogP contribution >= 0.6 is 11.8 Å². The van der Waals surface area contributed by atoms with Gasteiger partial charge in [-0.1, -0.05) is 0 Å². The molecule has 0 saturated heterocycles. The molecule has 0 fully saturated rings. The number of thioether (sulfide) groups is 1. The van der Waals surface area contributed by atoms with E-state index < -0.39 is 11.8 Å². The molecule has 0 atom stereocenters. The molecule has 0 bridgehead atoms. The smallest absolute Gasteiger partial charge is 0.321 e. The zero-order valence-corrected chi connectivity index (χ0v) is 10.6. The van der Waals surface area contributed by atoms with Gasteiger partial charge in [0.1, 0.15) is 5.82 Å². The van der Waals surface area contributed by atoms with Crippen LogP contribution in [0.15, 0.2) is 23.1 Å². The molecule has 5 nitrogen and oxygen atoms in total. The quantitative estimate of drug-likeness (QED) is 0.570. The van der Waals surface area contributed by atoms with Crippen molar-refractivity contribution in [3.8, 4) is 0 Å². The number of nitrogen functional groups attached to an aromatic ring is 1. The monoisotopic (exact) mass is 271 g/mol. The van der Waals surface area contributed by atoms with Gasteiger partial charge in [-0.25, -0.2) is 9.18 Å². The number of urea groups is 1. The number of nitrogens with one attached hydrogen (secondary N) is 2. The molecular formula is C11H14FN3O2S. The molecule has 18 heavy (non-hydrogen) atoms. The number of hydrogen-bond acceptors (Lipinski definition) is 4. The fourth-order valence-electron chi connectivity index (χ4n) is 1.16. The highest BCUT2D eigenvalue weighted by molar-refractivity contribution is 7.99. The van der Waals surface area contributed by atoms with Crippen LogP contribution in [0.2, 0.25) is 0 Å². The van der Waals surface area contributed by atoms with Crippen LogP contribution in [-0.4, -0.2) is 24.7 Å². The van der Waals surface area contributed by atoms with Gasteiger partial charge in [-0.15, -0.1) is 11.8 Å². The van der Waals surface area contributed by atoms with E-state index in [1.807, 2.05) is 0 Å². The van der Waals surface area contributed by atoms with E-state index in [0.29, 0.717) is 16.3 Å². The largest absolute Gasteiger partial charge is 0.398 e. The van der Waals surface area contributed by atoms with Gasteiger partial charge in [0.25, 0.3) is 0 Å². The predicted octanol–water partition coefficient (Wildman–Crippen LogP) is 1.35. The summed E-state index contributed by atoms with van der Waals surface area (Å²) in [6.45, 7) is 0. The molecule has 0 aliphatic heterocycles. The summed E-state index contributed by atoms with van der Waals surface area (Å²) in [5.41, 5.74) is 5.95. The number of benzene rings is 1. The summed E-state index contributed by atoms with van der Waals surface area (Å²) in [5, 5.41) is 4.43. The second-order valence-corrected chi connectivity index (χ2v) is 4.54. The first-order valence-electron chi connectivity index (χ1n) is 5.22. The standard InChI is InChI=1S/C11H14FN3O2S/c1-14-11(17)15-10(16)4-5-18-9-3-2-7(12)6-8(9)13/h2-3,6H,4-5,13H2,1H3,(H2,14,15,16,17). The third-order valence-corrected chi connectivity index (χ3v) is 3.13. The third kappa shape index (κ3) is 4.62. The number of rotatable bonds is 4. The second-order valence-electron chi connectivity index (χ2n) is 3.41. The molecule has 0 aliphatic rings. The number of anilines is 1. The summed E-state index contributed by atoms with van der Waals surface area (Å²) in [5.74, 6) is -0.310. The van der Waals surface area contributed by atoms with Gasteiger partial charge in [0, 0.05) is 29.8 Å². The first-order chi connectivity index (χ1) is 8.52. The molecule has 1 rings (SSSR count). The van der Waals surface area contributed by atoms with E-state index in [2.05, 4.69) is 10.6 Å². The molecule has 1 aromatic carbocycles. The molecule has 1 aromatic rings. The van der Waals surface area contributed by atoms with Crippen molar-refractivity contribution in [3.63, 3.8) is 0 Å². The fraction of sp³-hybridized carbons (Fsp3) is 0.273. The number of imide groups is 1. The Kier molecular flexibility index (Phi) is 5.44. The van der Waals surface area contributed by atoms with E-state index in [4.69, 9.17) is 5.73 Å². The van der Waals surface area contributed by atoms with Crippen molar-refractivity contribution in [1.82, 2.24) is 10.6 Å². The zero-order chi connectivity index (χ0) is 13.5. The number of halogens is 1. The second kappa shape index (κ2) is 6.85. The van der Waals surface area contributed by atoms with Crippen LogP contribution in [0, 0.1) is 5.82 Å². The van der Waals surface area contributed by atoms with Crippen molar-refractivity contribution >= 4 is 29.4 Å². The lowest BCUT2D eigenvalue weighted by atomic mass is 10.3. The molecule has 4 N–H and O–H groups in total. The number of hydrogen-bond donors (Lipinski definition) is 3. The lowest BCUT2D eigenvalue weighted by Crippen LogP contribution is -2.37. The molecule has 0 heterocycles. The van der Waals surface area contributed by atoms with Crippen molar-refractivity contribution in [1.29, 1.82) is 0 Å². The van der Waals surface area contributed by atoms with Gasteiger partial charge >= 0.3 is 6.03 Å². The number of nitrogens with two attached hydrogens (primary N) is 1. The van der Waals surface area contributed by atoms with E-state index in [1.54, 1.807) is 6.07 Å². The predicted molar refractivity (Wildman–Crippen MR) is 68.8 cm³/mol. The molecule has 3 amide bonds. The SMILES string of the molecule is CNC(=O)NC(=O)CCSc1ccc(F)cc1N. The topological polar surface area (TPSA) is 84.2 Å². The number of amides is 3. The van der Waals surface area contributed by atoms with E-state index in [1.165, 1.54) is 30.9 Å². The van der Waals surface area contributed by atoms with Gasteiger partial charge in [-0.2, -0.15) is 0 Å². The van der Waals surface area contributed by atoms with E-state index in [-0.39, 0.29) is 12.3 Å². The molecule has 0 aromatic heterocycles. The minimum absolute atomic E-state index is 0.175. The van der Waals surface area contributed by atoms with E-state index in [0.717, 1.165) is 0 Å². The Bertz CT molecular complexity index is 454. The molecule has 0 radical (unpaired) electrons. The number of carbonyl (C=O) groups is 2. The van der Waals surface area contributed by atoms with Crippen molar-refractivity contribution in [3.05, 3.63) is 24.0 Å². The summed E-state index contributed by atoms with van der Waals surface area (Å²) in [7, 11) is 1.43. The first kappa shape index (κ1) is 14.3. The Morgan fingerprint density at radius 1 is 1.44 bits per heavy atom. The fourth-order valence-corrected chi connectivity index (χ4v) is 2.05. The summed E-state index contributed by atoms with van der Waals surface area (Å²) in [6, 6.07) is 3.56. The molecule has 0 saturated carbocycles. The minimum Gasteiger partial charge on any atom is -0.398 e. The maximum absolute atomic E-state index is 12.8. The molecule has 98 valence electrons. The highest BCUT2D eigenvalue weighted by Gasteiger charge is 2.07. The van der Waals surface area contributed by atoms with Gasteiger partial charge in [-0.05, 0) is 18.2 Å². The van der Waals surface area contributed by atoms with Crippen LogP contribution < -0.4 is 16.4 Å².